The molecule has 2 aromatic heterocycles. The summed E-state index contributed by atoms with van der Waals surface area (Å²) < 4.78 is 13.2. The number of aromatic nitrogens is 4. The molecular formula is C24H27N7O6. The average molecular weight is 510 g/mol. The van der Waals surface area contributed by atoms with E-state index in [1.807, 2.05) is 0 Å². The fourth-order valence-electron chi connectivity index (χ4n) is 4.56. The zero-order chi connectivity index (χ0) is 26.1. The second-order valence-corrected chi connectivity index (χ2v) is 8.78. The van der Waals surface area contributed by atoms with Crippen molar-refractivity contribution in [1.29, 1.82) is 0 Å². The Morgan fingerprint density at radius 1 is 1.03 bits per heavy atom. The van der Waals surface area contributed by atoms with Crippen LogP contribution in [0.25, 0.3) is 11.2 Å². The van der Waals surface area contributed by atoms with Crippen LogP contribution in [0.3, 0.4) is 0 Å². The quantitative estimate of drug-likeness (QED) is 0.229. The second kappa shape index (κ2) is 10.0. The Labute approximate surface area is 211 Å². The molecule has 2 aliphatic heterocycles. The minimum atomic E-state index is -0.907. The molecule has 0 saturated carbocycles. The zero-order valence-electron chi connectivity index (χ0n) is 19.9. The van der Waals surface area contributed by atoms with Gasteiger partial charge in [0, 0.05) is 13.2 Å². The predicted octanol–water partition coefficient (Wildman–Crippen LogP) is 1.52. The summed E-state index contributed by atoms with van der Waals surface area (Å²) in [4.78, 5) is 38.5. The molecule has 1 aromatic carbocycles. The first-order valence-electron chi connectivity index (χ1n) is 11.9. The zero-order valence-corrected chi connectivity index (χ0v) is 19.9. The molecule has 0 fully saturated rings. The van der Waals surface area contributed by atoms with Crippen LogP contribution in [0.4, 0.5) is 11.8 Å². The number of imidazole rings is 1. The first-order valence-corrected chi connectivity index (χ1v) is 11.9. The number of hydrogen-bond acceptors (Lipinski definition) is 11. The van der Waals surface area contributed by atoms with Crippen molar-refractivity contribution in [2.75, 3.05) is 31.2 Å². The molecular weight excluding hydrogens is 482 g/mol. The van der Waals surface area contributed by atoms with Gasteiger partial charge in [0.25, 0.3) is 11.8 Å². The topological polar surface area (TPSA) is 192 Å². The highest BCUT2D eigenvalue weighted by atomic mass is 16.6. The summed E-state index contributed by atoms with van der Waals surface area (Å²) in [5.41, 5.74) is 13.1. The minimum Gasteiger partial charge on any atom is -0.506 e. The summed E-state index contributed by atoms with van der Waals surface area (Å²) in [6.07, 6.45) is 2.55. The van der Waals surface area contributed by atoms with Crippen molar-refractivity contribution in [2.24, 2.45) is 0 Å². The number of carbonyl (C=O) groups is 2. The molecule has 13 heteroatoms. The number of nitrogens with zero attached hydrogens (tertiary/aromatic N) is 5. The Balaban J connectivity index is 1.14. The molecule has 0 aliphatic carbocycles. The van der Waals surface area contributed by atoms with Crippen molar-refractivity contribution in [3.63, 3.8) is 0 Å². The Kier molecular flexibility index (Phi) is 6.63. The lowest BCUT2D eigenvalue weighted by molar-refractivity contribution is -0.0529. The SMILES string of the molecule is Nc1nc(N)c2ncn([C@@H]3OC(CO)=C(O)C3OCCCCCCN3C(=O)c4ccccc4C3=O)c2n1. The number of aliphatic hydroxyl groups is 2. The number of carbonyl (C=O) groups excluding carboxylic acids is 2. The van der Waals surface area contributed by atoms with Crippen LogP contribution >= 0.6 is 0 Å². The van der Waals surface area contributed by atoms with Crippen molar-refractivity contribution >= 4 is 34.7 Å². The van der Waals surface area contributed by atoms with Crippen LogP contribution in [0.2, 0.25) is 0 Å². The first-order chi connectivity index (χ1) is 17.9. The van der Waals surface area contributed by atoms with E-state index in [-0.39, 0.29) is 35.1 Å². The van der Waals surface area contributed by atoms with Gasteiger partial charge in [0.05, 0.1) is 11.1 Å². The third kappa shape index (κ3) is 4.42. The largest absolute Gasteiger partial charge is 0.506 e. The van der Waals surface area contributed by atoms with Crippen molar-refractivity contribution < 1.29 is 29.3 Å². The number of aliphatic hydroxyl groups excluding tert-OH is 2. The number of benzene rings is 1. The van der Waals surface area contributed by atoms with E-state index in [4.69, 9.17) is 20.9 Å². The molecule has 37 heavy (non-hydrogen) atoms. The molecule has 5 rings (SSSR count). The maximum Gasteiger partial charge on any atom is 0.261 e. The van der Waals surface area contributed by atoms with Crippen LogP contribution in [0.5, 0.6) is 0 Å². The van der Waals surface area contributed by atoms with Crippen LogP contribution in [-0.4, -0.2) is 72.3 Å². The van der Waals surface area contributed by atoms with Gasteiger partial charge in [-0.1, -0.05) is 25.0 Å². The van der Waals surface area contributed by atoms with Crippen LogP contribution in [0.15, 0.2) is 42.1 Å². The third-order valence-corrected chi connectivity index (χ3v) is 6.41. The second-order valence-electron chi connectivity index (χ2n) is 8.78. The van der Waals surface area contributed by atoms with E-state index in [0.717, 1.165) is 12.8 Å². The summed E-state index contributed by atoms with van der Waals surface area (Å²) in [6, 6.07) is 6.83. The summed E-state index contributed by atoms with van der Waals surface area (Å²) in [7, 11) is 0. The normalized spacial score (nSPS) is 19.2. The maximum absolute atomic E-state index is 12.4. The van der Waals surface area contributed by atoms with E-state index >= 15 is 0 Å². The Morgan fingerprint density at radius 2 is 1.73 bits per heavy atom. The van der Waals surface area contributed by atoms with Gasteiger partial charge in [-0.3, -0.25) is 19.1 Å². The molecule has 2 atom stereocenters. The van der Waals surface area contributed by atoms with E-state index in [2.05, 4.69) is 15.0 Å². The standard InChI is InChI=1S/C24H27N7O6/c25-19-16-20(29-24(26)28-19)31(12-27-16)23-18(17(33)15(11-32)37-23)36-10-6-2-1-5-9-30-21(34)13-7-3-4-8-14(13)22(30)35/h3-4,7-8,12,18,23,32-33H,1-2,5-6,9-11H2,(H4,25,26,28,29)/t18?,23-/m1/s1. The summed E-state index contributed by atoms with van der Waals surface area (Å²) >= 11 is 0. The smallest absolute Gasteiger partial charge is 0.261 e. The number of anilines is 2. The van der Waals surface area contributed by atoms with Crippen molar-refractivity contribution in [3.05, 3.63) is 53.2 Å². The number of ether oxygens (including phenoxy) is 2. The molecule has 2 amide bonds. The van der Waals surface area contributed by atoms with E-state index in [9.17, 15) is 19.8 Å². The number of imide groups is 1. The van der Waals surface area contributed by atoms with Crippen LogP contribution < -0.4 is 11.5 Å². The number of amides is 2. The third-order valence-electron chi connectivity index (χ3n) is 6.41. The van der Waals surface area contributed by atoms with Crippen molar-refractivity contribution in [1.82, 2.24) is 24.4 Å². The molecule has 3 aromatic rings. The number of rotatable bonds is 10. The number of fused-ring (bicyclic) bond motifs is 2. The van der Waals surface area contributed by atoms with Gasteiger partial charge in [0.1, 0.15) is 18.5 Å². The summed E-state index contributed by atoms with van der Waals surface area (Å²) in [6.45, 7) is 0.148. The molecule has 0 bridgehead atoms. The number of unbranched alkanes of at least 4 members (excludes halogenated alkanes) is 3. The fourth-order valence-corrected chi connectivity index (χ4v) is 4.56. The molecule has 2 aliphatic rings. The van der Waals surface area contributed by atoms with Gasteiger partial charge >= 0.3 is 0 Å². The molecule has 6 N–H and O–H groups in total. The molecule has 0 radical (unpaired) electrons. The van der Waals surface area contributed by atoms with Crippen molar-refractivity contribution in [3.8, 4) is 0 Å². The van der Waals surface area contributed by atoms with Gasteiger partial charge < -0.3 is 31.2 Å². The average Bonchev–Trinajstić information content (AvgIpc) is 3.52. The summed E-state index contributed by atoms with van der Waals surface area (Å²) in [5, 5.41) is 20.2. The lowest BCUT2D eigenvalue weighted by Crippen LogP contribution is -2.30. The monoisotopic (exact) mass is 509 g/mol. The molecule has 0 spiro atoms. The van der Waals surface area contributed by atoms with E-state index in [0.29, 0.717) is 48.3 Å². The fraction of sp³-hybridized carbons (Fsp3) is 0.375. The first kappa shape index (κ1) is 24.5. The lowest BCUT2D eigenvalue weighted by atomic mass is 10.1. The Hall–Kier alpha value is -4.23. The van der Waals surface area contributed by atoms with Crippen LogP contribution in [0, 0.1) is 0 Å². The van der Waals surface area contributed by atoms with Gasteiger partial charge in [-0.25, -0.2) is 4.98 Å². The van der Waals surface area contributed by atoms with Gasteiger partial charge in [0.15, 0.2) is 29.1 Å². The number of nitrogens with two attached hydrogens (primary N) is 2. The Bertz CT molecular complexity index is 1350. The Morgan fingerprint density at radius 3 is 2.43 bits per heavy atom. The van der Waals surface area contributed by atoms with E-state index in [1.165, 1.54) is 15.8 Å². The predicted molar refractivity (Wildman–Crippen MR) is 131 cm³/mol. The van der Waals surface area contributed by atoms with Gasteiger partial charge in [-0.15, -0.1) is 0 Å². The van der Waals surface area contributed by atoms with Crippen molar-refractivity contribution in [2.45, 2.75) is 38.0 Å². The van der Waals surface area contributed by atoms with E-state index in [1.54, 1.807) is 24.3 Å². The molecule has 194 valence electrons. The number of hydrogen-bond donors (Lipinski definition) is 4. The highest BCUT2D eigenvalue weighted by molar-refractivity contribution is 6.21. The molecule has 0 saturated heterocycles. The highest BCUT2D eigenvalue weighted by Gasteiger charge is 2.40. The van der Waals surface area contributed by atoms with Crippen LogP contribution in [0.1, 0.15) is 52.6 Å². The minimum absolute atomic E-state index is 0.00667. The maximum atomic E-state index is 12.4. The van der Waals surface area contributed by atoms with Gasteiger partial charge in [-0.05, 0) is 25.0 Å². The summed E-state index contributed by atoms with van der Waals surface area (Å²) in [5.74, 6) is -0.652. The highest BCUT2D eigenvalue weighted by Crippen LogP contribution is 2.35. The molecule has 13 nitrogen and oxygen atoms in total. The number of nitrogen functional groups attached to an aromatic ring is 2. The van der Waals surface area contributed by atoms with Crippen LogP contribution in [-0.2, 0) is 9.47 Å². The molecule has 1 unspecified atom stereocenters. The van der Waals surface area contributed by atoms with E-state index < -0.39 is 18.9 Å². The van der Waals surface area contributed by atoms with Gasteiger partial charge in [0.2, 0.25) is 12.2 Å². The van der Waals surface area contributed by atoms with Gasteiger partial charge in [-0.2, -0.15) is 9.97 Å². The molecule has 4 heterocycles. The lowest BCUT2D eigenvalue weighted by Gasteiger charge is -2.21.